The van der Waals surface area contributed by atoms with Gasteiger partial charge in [0.05, 0.1) is 5.56 Å². The highest BCUT2D eigenvalue weighted by Gasteiger charge is 2.21. The van der Waals surface area contributed by atoms with Gasteiger partial charge in [0.2, 0.25) is 0 Å². The maximum Gasteiger partial charge on any atom is 0.255 e. The lowest BCUT2D eigenvalue weighted by Crippen LogP contribution is -2.25. The molecule has 4 nitrogen and oxygen atoms in total. The normalized spacial score (nSPS) is 14.6. The highest BCUT2D eigenvalue weighted by atomic mass is 16.1. The monoisotopic (exact) mass is 219 g/mol. The Hall–Kier alpha value is -1.58. The van der Waals surface area contributed by atoms with E-state index in [9.17, 15) is 4.79 Å². The van der Waals surface area contributed by atoms with E-state index in [1.807, 2.05) is 0 Å². The number of hydrogen-bond acceptors (Lipinski definition) is 3. The van der Waals surface area contributed by atoms with Crippen molar-refractivity contribution >= 4 is 11.7 Å². The van der Waals surface area contributed by atoms with E-state index in [0.717, 1.165) is 18.9 Å². The van der Waals surface area contributed by atoms with Crippen LogP contribution in [0.2, 0.25) is 0 Å². The first-order valence-electron chi connectivity index (χ1n) is 5.72. The Balaban J connectivity index is 1.90. The van der Waals surface area contributed by atoms with Crippen LogP contribution in [0.3, 0.4) is 0 Å². The predicted molar refractivity (Wildman–Crippen MR) is 63.5 cm³/mol. The molecule has 0 aliphatic heterocycles. The minimum atomic E-state index is -0.0434. The van der Waals surface area contributed by atoms with Crippen molar-refractivity contribution in [2.45, 2.75) is 19.3 Å². The maximum absolute atomic E-state index is 11.8. The topological polar surface area (TPSA) is 54.0 Å². The van der Waals surface area contributed by atoms with Gasteiger partial charge in [-0.05, 0) is 24.5 Å². The first-order valence-corrected chi connectivity index (χ1v) is 5.72. The van der Waals surface area contributed by atoms with Crippen LogP contribution in [0.4, 0.5) is 5.82 Å². The second kappa shape index (κ2) is 4.96. The van der Waals surface area contributed by atoms with Crippen molar-refractivity contribution in [2.75, 3.05) is 18.9 Å². The Bertz CT molecular complexity index is 374. The fraction of sp³-hybridized carbons (Fsp3) is 0.500. The van der Waals surface area contributed by atoms with Crippen molar-refractivity contribution < 1.29 is 4.79 Å². The van der Waals surface area contributed by atoms with Gasteiger partial charge in [0.1, 0.15) is 5.82 Å². The molecule has 1 saturated carbocycles. The molecule has 2 N–H and O–H groups in total. The SMILES string of the molecule is CNc1ncccc1C(=O)NCCC1CC1. The molecule has 0 unspecified atom stereocenters. The largest absolute Gasteiger partial charge is 0.372 e. The van der Waals surface area contributed by atoms with E-state index in [-0.39, 0.29) is 5.91 Å². The second-order valence-electron chi connectivity index (χ2n) is 4.14. The number of pyridine rings is 1. The third kappa shape index (κ3) is 2.72. The molecular weight excluding hydrogens is 202 g/mol. The number of hydrogen-bond donors (Lipinski definition) is 2. The van der Waals surface area contributed by atoms with Crippen molar-refractivity contribution in [3.8, 4) is 0 Å². The number of nitrogens with one attached hydrogen (secondary N) is 2. The van der Waals surface area contributed by atoms with Gasteiger partial charge in [-0.25, -0.2) is 4.98 Å². The van der Waals surface area contributed by atoms with Gasteiger partial charge >= 0.3 is 0 Å². The van der Waals surface area contributed by atoms with Gasteiger partial charge in [0.15, 0.2) is 0 Å². The van der Waals surface area contributed by atoms with Gasteiger partial charge in [0.25, 0.3) is 5.91 Å². The molecule has 1 fully saturated rings. The second-order valence-corrected chi connectivity index (χ2v) is 4.14. The van der Waals surface area contributed by atoms with Crippen molar-refractivity contribution in [1.29, 1.82) is 0 Å². The van der Waals surface area contributed by atoms with E-state index in [1.54, 1.807) is 25.4 Å². The molecule has 1 heterocycles. The molecule has 1 amide bonds. The number of carbonyl (C=O) groups excluding carboxylic acids is 1. The summed E-state index contributed by atoms with van der Waals surface area (Å²) in [5, 5.41) is 5.84. The summed E-state index contributed by atoms with van der Waals surface area (Å²) in [6.07, 6.45) is 5.42. The molecule has 1 aliphatic carbocycles. The van der Waals surface area contributed by atoms with E-state index in [0.29, 0.717) is 11.4 Å². The minimum absolute atomic E-state index is 0.0434. The number of aromatic nitrogens is 1. The zero-order valence-corrected chi connectivity index (χ0v) is 9.49. The third-order valence-electron chi connectivity index (χ3n) is 2.82. The van der Waals surface area contributed by atoms with E-state index in [1.165, 1.54) is 12.8 Å². The molecule has 0 spiro atoms. The number of anilines is 1. The zero-order valence-electron chi connectivity index (χ0n) is 9.49. The number of nitrogens with zero attached hydrogens (tertiary/aromatic N) is 1. The molecule has 0 bridgehead atoms. The average molecular weight is 219 g/mol. The summed E-state index contributed by atoms with van der Waals surface area (Å²) in [6.45, 7) is 0.765. The average Bonchev–Trinajstić information content (AvgIpc) is 3.13. The molecule has 1 aromatic rings. The van der Waals surface area contributed by atoms with E-state index in [2.05, 4.69) is 15.6 Å². The molecule has 1 aliphatic rings. The molecule has 0 saturated heterocycles. The fourth-order valence-electron chi connectivity index (χ4n) is 1.68. The lowest BCUT2D eigenvalue weighted by Gasteiger charge is -2.08. The fourth-order valence-corrected chi connectivity index (χ4v) is 1.68. The standard InChI is InChI=1S/C12H17N3O/c1-13-11-10(3-2-7-14-11)12(16)15-8-6-9-4-5-9/h2-3,7,9H,4-6,8H2,1H3,(H,13,14)(H,15,16). The summed E-state index contributed by atoms with van der Waals surface area (Å²) >= 11 is 0. The van der Waals surface area contributed by atoms with Crippen molar-refractivity contribution in [1.82, 2.24) is 10.3 Å². The van der Waals surface area contributed by atoms with Crippen molar-refractivity contribution in [3.05, 3.63) is 23.9 Å². The van der Waals surface area contributed by atoms with Crippen LogP contribution in [0, 0.1) is 5.92 Å². The highest BCUT2D eigenvalue weighted by molar-refractivity contribution is 5.98. The lowest BCUT2D eigenvalue weighted by atomic mass is 10.2. The van der Waals surface area contributed by atoms with Crippen LogP contribution in [0.25, 0.3) is 0 Å². The van der Waals surface area contributed by atoms with Crippen LogP contribution in [0.1, 0.15) is 29.6 Å². The summed E-state index contributed by atoms with van der Waals surface area (Å²) in [7, 11) is 1.77. The first kappa shape index (κ1) is 10.9. The van der Waals surface area contributed by atoms with Crippen LogP contribution < -0.4 is 10.6 Å². The molecule has 0 aromatic carbocycles. The van der Waals surface area contributed by atoms with Crippen LogP contribution in [0.15, 0.2) is 18.3 Å². The number of carbonyl (C=O) groups is 1. The van der Waals surface area contributed by atoms with E-state index >= 15 is 0 Å². The Kier molecular flexibility index (Phi) is 3.39. The minimum Gasteiger partial charge on any atom is -0.372 e. The summed E-state index contributed by atoms with van der Waals surface area (Å²) in [6, 6.07) is 3.56. The van der Waals surface area contributed by atoms with Gasteiger partial charge in [-0.15, -0.1) is 0 Å². The molecule has 2 rings (SSSR count). The summed E-state index contributed by atoms with van der Waals surface area (Å²) in [5.74, 6) is 1.43. The van der Waals surface area contributed by atoms with Gasteiger partial charge < -0.3 is 10.6 Å². The Morgan fingerprint density at radius 3 is 3.06 bits per heavy atom. The predicted octanol–water partition coefficient (Wildman–Crippen LogP) is 1.65. The van der Waals surface area contributed by atoms with Gasteiger partial charge in [-0.2, -0.15) is 0 Å². The van der Waals surface area contributed by atoms with E-state index in [4.69, 9.17) is 0 Å². The van der Waals surface area contributed by atoms with Crippen LogP contribution in [-0.2, 0) is 0 Å². The third-order valence-corrected chi connectivity index (χ3v) is 2.82. The Morgan fingerprint density at radius 1 is 1.56 bits per heavy atom. The Morgan fingerprint density at radius 2 is 2.38 bits per heavy atom. The summed E-state index contributed by atoms with van der Waals surface area (Å²) < 4.78 is 0. The van der Waals surface area contributed by atoms with Gasteiger partial charge in [-0.3, -0.25) is 4.79 Å². The van der Waals surface area contributed by atoms with Gasteiger partial charge in [0, 0.05) is 19.8 Å². The molecule has 16 heavy (non-hydrogen) atoms. The smallest absolute Gasteiger partial charge is 0.255 e. The molecule has 86 valence electrons. The molecule has 0 radical (unpaired) electrons. The van der Waals surface area contributed by atoms with E-state index < -0.39 is 0 Å². The van der Waals surface area contributed by atoms with Crippen molar-refractivity contribution in [3.63, 3.8) is 0 Å². The summed E-state index contributed by atoms with van der Waals surface area (Å²) in [4.78, 5) is 15.9. The molecule has 4 heteroatoms. The first-order chi connectivity index (χ1) is 7.81. The lowest BCUT2D eigenvalue weighted by molar-refractivity contribution is 0.0953. The molecule has 1 aromatic heterocycles. The quantitative estimate of drug-likeness (QED) is 0.791. The Labute approximate surface area is 95.5 Å². The van der Waals surface area contributed by atoms with Crippen LogP contribution >= 0.6 is 0 Å². The highest BCUT2D eigenvalue weighted by Crippen LogP contribution is 2.31. The van der Waals surface area contributed by atoms with Crippen LogP contribution in [0.5, 0.6) is 0 Å². The zero-order chi connectivity index (χ0) is 11.4. The molecular formula is C12H17N3O. The van der Waals surface area contributed by atoms with Crippen LogP contribution in [-0.4, -0.2) is 24.5 Å². The van der Waals surface area contributed by atoms with Gasteiger partial charge in [-0.1, -0.05) is 12.8 Å². The summed E-state index contributed by atoms with van der Waals surface area (Å²) in [5.41, 5.74) is 0.612. The molecule has 0 atom stereocenters. The maximum atomic E-state index is 11.8. The number of amides is 1. The number of rotatable bonds is 5. The van der Waals surface area contributed by atoms with Crippen molar-refractivity contribution in [2.24, 2.45) is 5.92 Å².